The number of amides is 1. The Bertz CT molecular complexity index is 684. The fourth-order valence-corrected chi connectivity index (χ4v) is 3.38. The summed E-state index contributed by atoms with van der Waals surface area (Å²) in [6.45, 7) is 1.51. The Hall–Kier alpha value is -2.13. The van der Waals surface area contributed by atoms with Crippen molar-refractivity contribution in [3.63, 3.8) is 0 Å². The van der Waals surface area contributed by atoms with Crippen LogP contribution in [0.4, 0.5) is 0 Å². The SMILES string of the molecule is C/C(=C\C#N)CN1C(=O)c2ccccc2S1(=O)=O. The highest BCUT2D eigenvalue weighted by molar-refractivity contribution is 7.90. The maximum absolute atomic E-state index is 12.1. The normalized spacial score (nSPS) is 17.4. The molecule has 1 aromatic carbocycles. The summed E-state index contributed by atoms with van der Waals surface area (Å²) >= 11 is 0. The van der Waals surface area contributed by atoms with Crippen molar-refractivity contribution >= 4 is 15.9 Å². The van der Waals surface area contributed by atoms with Crippen LogP contribution in [0.3, 0.4) is 0 Å². The zero-order valence-electron chi connectivity index (χ0n) is 9.62. The van der Waals surface area contributed by atoms with Crippen LogP contribution in [0, 0.1) is 11.3 Å². The lowest BCUT2D eigenvalue weighted by molar-refractivity contribution is 0.0878. The van der Waals surface area contributed by atoms with Crippen molar-refractivity contribution in [1.29, 1.82) is 5.26 Å². The number of benzene rings is 1. The molecule has 1 amide bonds. The molecule has 0 fully saturated rings. The van der Waals surface area contributed by atoms with E-state index in [-0.39, 0.29) is 17.0 Å². The van der Waals surface area contributed by atoms with Crippen LogP contribution in [0.2, 0.25) is 0 Å². The number of hydrogen-bond acceptors (Lipinski definition) is 4. The van der Waals surface area contributed by atoms with Crippen LogP contribution < -0.4 is 0 Å². The van der Waals surface area contributed by atoms with Gasteiger partial charge in [-0.15, -0.1) is 0 Å². The number of nitriles is 1. The number of carbonyl (C=O) groups is 1. The van der Waals surface area contributed by atoms with Crippen molar-refractivity contribution in [2.45, 2.75) is 11.8 Å². The third-order valence-corrected chi connectivity index (χ3v) is 4.40. The van der Waals surface area contributed by atoms with Crippen molar-refractivity contribution in [3.05, 3.63) is 41.5 Å². The molecular weight excluding hydrogens is 252 g/mol. The summed E-state index contributed by atoms with van der Waals surface area (Å²) in [4.78, 5) is 12.0. The van der Waals surface area contributed by atoms with Crippen LogP contribution in [0.1, 0.15) is 17.3 Å². The van der Waals surface area contributed by atoms with Gasteiger partial charge in [-0.3, -0.25) is 4.79 Å². The van der Waals surface area contributed by atoms with Crippen LogP contribution in [-0.4, -0.2) is 25.2 Å². The fraction of sp³-hybridized carbons (Fsp3) is 0.167. The molecule has 0 bridgehead atoms. The molecule has 0 atom stereocenters. The second-order valence-electron chi connectivity index (χ2n) is 3.93. The molecule has 18 heavy (non-hydrogen) atoms. The van der Waals surface area contributed by atoms with Gasteiger partial charge in [-0.2, -0.15) is 5.26 Å². The zero-order valence-corrected chi connectivity index (χ0v) is 10.4. The molecule has 0 spiro atoms. The Kier molecular flexibility index (Phi) is 2.93. The maximum atomic E-state index is 12.1. The van der Waals surface area contributed by atoms with E-state index in [0.717, 1.165) is 4.31 Å². The molecule has 0 radical (unpaired) electrons. The van der Waals surface area contributed by atoms with Gasteiger partial charge in [0.2, 0.25) is 0 Å². The molecule has 0 unspecified atom stereocenters. The molecule has 6 heteroatoms. The number of fused-ring (bicyclic) bond motifs is 1. The molecule has 1 aromatic rings. The molecule has 92 valence electrons. The Labute approximate surface area is 105 Å². The average Bonchev–Trinajstić information content (AvgIpc) is 2.52. The molecule has 0 saturated carbocycles. The van der Waals surface area contributed by atoms with Crippen molar-refractivity contribution < 1.29 is 13.2 Å². The van der Waals surface area contributed by atoms with Crippen molar-refractivity contribution in [2.24, 2.45) is 0 Å². The number of carbonyl (C=O) groups excluding carboxylic acids is 1. The lowest BCUT2D eigenvalue weighted by Gasteiger charge is -2.14. The number of allylic oxidation sites excluding steroid dienone is 1. The quantitative estimate of drug-likeness (QED) is 0.752. The van der Waals surface area contributed by atoms with E-state index in [1.807, 2.05) is 6.07 Å². The molecule has 0 N–H and O–H groups in total. The van der Waals surface area contributed by atoms with Crippen LogP contribution in [0.25, 0.3) is 0 Å². The van der Waals surface area contributed by atoms with Gasteiger partial charge in [0.15, 0.2) is 0 Å². The van der Waals surface area contributed by atoms with E-state index in [1.165, 1.54) is 18.2 Å². The Morgan fingerprint density at radius 3 is 2.72 bits per heavy atom. The molecule has 0 aromatic heterocycles. The minimum Gasteiger partial charge on any atom is -0.268 e. The van der Waals surface area contributed by atoms with E-state index in [2.05, 4.69) is 0 Å². The molecular formula is C12H10N2O3S. The van der Waals surface area contributed by atoms with Crippen molar-refractivity contribution in [2.75, 3.05) is 6.54 Å². The van der Waals surface area contributed by atoms with Crippen LogP contribution >= 0.6 is 0 Å². The van der Waals surface area contributed by atoms with Gasteiger partial charge >= 0.3 is 0 Å². The first-order valence-electron chi connectivity index (χ1n) is 5.20. The van der Waals surface area contributed by atoms with Gasteiger partial charge in [0.25, 0.3) is 15.9 Å². The number of nitrogens with zero attached hydrogens (tertiary/aromatic N) is 2. The standard InChI is InChI=1S/C12H10N2O3S/c1-9(6-7-13)8-14-12(15)10-4-2-3-5-11(10)18(14,16)17/h2-6H,8H2,1H3/b9-6+. The van der Waals surface area contributed by atoms with Gasteiger partial charge in [0.1, 0.15) is 4.90 Å². The Morgan fingerprint density at radius 2 is 2.11 bits per heavy atom. The van der Waals surface area contributed by atoms with Crippen LogP contribution in [0.15, 0.2) is 40.8 Å². The highest BCUT2D eigenvalue weighted by Crippen LogP contribution is 2.30. The number of rotatable bonds is 2. The summed E-state index contributed by atoms with van der Waals surface area (Å²) in [6.07, 6.45) is 1.23. The summed E-state index contributed by atoms with van der Waals surface area (Å²) in [7, 11) is -3.78. The first-order chi connectivity index (χ1) is 8.48. The summed E-state index contributed by atoms with van der Waals surface area (Å²) in [5.41, 5.74) is 0.699. The van der Waals surface area contributed by atoms with E-state index < -0.39 is 15.9 Å². The molecule has 0 saturated heterocycles. The average molecular weight is 262 g/mol. The summed E-state index contributed by atoms with van der Waals surface area (Å²) < 4.78 is 25.1. The van der Waals surface area contributed by atoms with Gasteiger partial charge in [0, 0.05) is 6.08 Å². The predicted molar refractivity (Wildman–Crippen MR) is 64.0 cm³/mol. The molecule has 1 aliphatic heterocycles. The van der Waals surface area contributed by atoms with E-state index >= 15 is 0 Å². The third-order valence-electron chi connectivity index (χ3n) is 2.62. The summed E-state index contributed by atoms with van der Waals surface area (Å²) in [5.74, 6) is -0.545. The summed E-state index contributed by atoms with van der Waals surface area (Å²) in [6, 6.07) is 7.90. The lowest BCUT2D eigenvalue weighted by atomic mass is 10.2. The number of hydrogen-bond donors (Lipinski definition) is 0. The topological polar surface area (TPSA) is 78.2 Å². The minimum atomic E-state index is -3.78. The Balaban J connectivity index is 2.47. The second-order valence-corrected chi connectivity index (χ2v) is 5.76. The van der Waals surface area contributed by atoms with E-state index in [1.54, 1.807) is 19.1 Å². The van der Waals surface area contributed by atoms with E-state index in [4.69, 9.17) is 5.26 Å². The minimum absolute atomic E-state index is 0.0276. The van der Waals surface area contributed by atoms with Gasteiger partial charge in [-0.1, -0.05) is 12.1 Å². The first-order valence-corrected chi connectivity index (χ1v) is 6.64. The number of sulfonamides is 1. The second kappa shape index (κ2) is 4.27. The van der Waals surface area contributed by atoms with Crippen LogP contribution in [-0.2, 0) is 10.0 Å². The third kappa shape index (κ3) is 1.79. The first kappa shape index (κ1) is 12.3. The lowest BCUT2D eigenvalue weighted by Crippen LogP contribution is -2.31. The smallest absolute Gasteiger partial charge is 0.268 e. The van der Waals surface area contributed by atoms with Gasteiger partial charge in [-0.05, 0) is 24.6 Å². The summed E-state index contributed by atoms with van der Waals surface area (Å²) in [5, 5.41) is 8.50. The highest BCUT2D eigenvalue weighted by Gasteiger charge is 2.40. The molecule has 1 aliphatic rings. The molecule has 1 heterocycles. The zero-order chi connectivity index (χ0) is 13.3. The highest BCUT2D eigenvalue weighted by atomic mass is 32.2. The predicted octanol–water partition coefficient (Wildman–Crippen LogP) is 1.30. The Morgan fingerprint density at radius 1 is 1.44 bits per heavy atom. The van der Waals surface area contributed by atoms with E-state index in [0.29, 0.717) is 5.57 Å². The molecule has 2 rings (SSSR count). The van der Waals surface area contributed by atoms with Gasteiger partial charge in [0.05, 0.1) is 18.2 Å². The van der Waals surface area contributed by atoms with Gasteiger partial charge < -0.3 is 0 Å². The fourth-order valence-electron chi connectivity index (χ4n) is 1.77. The van der Waals surface area contributed by atoms with Crippen LogP contribution in [0.5, 0.6) is 0 Å². The maximum Gasteiger partial charge on any atom is 0.269 e. The van der Waals surface area contributed by atoms with Crippen molar-refractivity contribution in [3.8, 4) is 6.07 Å². The molecule has 5 nitrogen and oxygen atoms in total. The van der Waals surface area contributed by atoms with E-state index in [9.17, 15) is 13.2 Å². The van der Waals surface area contributed by atoms with Crippen molar-refractivity contribution in [1.82, 2.24) is 4.31 Å². The molecule has 0 aliphatic carbocycles. The monoisotopic (exact) mass is 262 g/mol. The van der Waals surface area contributed by atoms with Gasteiger partial charge in [-0.25, -0.2) is 12.7 Å². The largest absolute Gasteiger partial charge is 0.269 e.